The number of Topliss-reactive ketones (excluding diaryl/α,β-unsaturated/α-hetero) is 1. The lowest BCUT2D eigenvalue weighted by Gasteiger charge is -1.99. The molecule has 0 saturated heterocycles. The SMILES string of the molecule is CCOC(=O)C(=N)C(=O)CC. The van der Waals surface area contributed by atoms with Crippen molar-refractivity contribution in [2.24, 2.45) is 0 Å². The van der Waals surface area contributed by atoms with E-state index in [2.05, 4.69) is 4.74 Å². The van der Waals surface area contributed by atoms with Gasteiger partial charge >= 0.3 is 5.97 Å². The molecule has 0 aliphatic carbocycles. The summed E-state index contributed by atoms with van der Waals surface area (Å²) in [6, 6.07) is 0. The van der Waals surface area contributed by atoms with Crippen molar-refractivity contribution < 1.29 is 14.3 Å². The highest BCUT2D eigenvalue weighted by atomic mass is 16.5. The molecule has 0 aromatic rings. The number of carbonyl (C=O) groups is 2. The largest absolute Gasteiger partial charge is 0.461 e. The van der Waals surface area contributed by atoms with Crippen molar-refractivity contribution in [3.8, 4) is 0 Å². The second kappa shape index (κ2) is 4.60. The molecule has 62 valence electrons. The molecule has 0 atom stereocenters. The van der Waals surface area contributed by atoms with Gasteiger partial charge in [0.05, 0.1) is 6.61 Å². The fourth-order valence-electron chi connectivity index (χ4n) is 0.494. The lowest BCUT2D eigenvalue weighted by molar-refractivity contribution is -0.135. The Labute approximate surface area is 65.1 Å². The van der Waals surface area contributed by atoms with Crippen LogP contribution in [-0.4, -0.2) is 24.1 Å². The maximum Gasteiger partial charge on any atom is 0.359 e. The molecule has 0 bridgehead atoms. The van der Waals surface area contributed by atoms with Gasteiger partial charge in [0.15, 0.2) is 11.5 Å². The maximum atomic E-state index is 10.7. The van der Waals surface area contributed by atoms with E-state index >= 15 is 0 Å². The van der Waals surface area contributed by atoms with Crippen molar-refractivity contribution in [3.63, 3.8) is 0 Å². The third-order valence-corrected chi connectivity index (χ3v) is 1.08. The van der Waals surface area contributed by atoms with Gasteiger partial charge in [-0.05, 0) is 6.92 Å². The molecule has 0 rings (SSSR count). The third-order valence-electron chi connectivity index (χ3n) is 1.08. The summed E-state index contributed by atoms with van der Waals surface area (Å²) in [6.45, 7) is 3.41. The summed E-state index contributed by atoms with van der Waals surface area (Å²) >= 11 is 0. The number of carbonyl (C=O) groups excluding carboxylic acids is 2. The Morgan fingerprint density at radius 2 is 1.91 bits per heavy atom. The first-order chi connectivity index (χ1) is 5.13. The van der Waals surface area contributed by atoms with Crippen LogP contribution in [0.1, 0.15) is 20.3 Å². The molecule has 4 heteroatoms. The Balaban J connectivity index is 4.03. The van der Waals surface area contributed by atoms with E-state index < -0.39 is 17.5 Å². The molecule has 0 saturated carbocycles. The van der Waals surface area contributed by atoms with Gasteiger partial charge in [-0.3, -0.25) is 10.2 Å². The standard InChI is InChI=1S/C7H11NO3/c1-3-5(9)6(8)7(10)11-4-2/h8H,3-4H2,1-2H3. The highest BCUT2D eigenvalue weighted by molar-refractivity contribution is 6.63. The lowest BCUT2D eigenvalue weighted by Crippen LogP contribution is -2.24. The van der Waals surface area contributed by atoms with Gasteiger partial charge in [-0.15, -0.1) is 0 Å². The number of ketones is 1. The van der Waals surface area contributed by atoms with E-state index in [1.165, 1.54) is 0 Å². The average molecular weight is 157 g/mol. The molecule has 0 heterocycles. The Kier molecular flexibility index (Phi) is 4.10. The van der Waals surface area contributed by atoms with E-state index in [4.69, 9.17) is 5.41 Å². The van der Waals surface area contributed by atoms with Crippen molar-refractivity contribution in [1.29, 1.82) is 5.41 Å². The smallest absolute Gasteiger partial charge is 0.359 e. The second-order valence-electron chi connectivity index (χ2n) is 1.87. The van der Waals surface area contributed by atoms with Crippen LogP contribution < -0.4 is 0 Å². The van der Waals surface area contributed by atoms with Gasteiger partial charge in [0, 0.05) is 6.42 Å². The van der Waals surface area contributed by atoms with E-state index in [1.54, 1.807) is 13.8 Å². The highest BCUT2D eigenvalue weighted by Gasteiger charge is 2.16. The van der Waals surface area contributed by atoms with Crippen LogP contribution in [0.25, 0.3) is 0 Å². The van der Waals surface area contributed by atoms with Gasteiger partial charge in [0.1, 0.15) is 0 Å². The molecule has 0 fully saturated rings. The molecule has 1 N–H and O–H groups in total. The summed E-state index contributed by atoms with van der Waals surface area (Å²) in [4.78, 5) is 21.4. The Morgan fingerprint density at radius 1 is 1.36 bits per heavy atom. The molecule has 0 aromatic heterocycles. The number of nitrogens with one attached hydrogen (secondary N) is 1. The molecule has 0 aliphatic heterocycles. The third kappa shape index (κ3) is 2.93. The number of ether oxygens (including phenoxy) is 1. The van der Waals surface area contributed by atoms with Crippen molar-refractivity contribution in [2.45, 2.75) is 20.3 Å². The number of hydrogen-bond acceptors (Lipinski definition) is 4. The minimum Gasteiger partial charge on any atom is -0.461 e. The zero-order valence-corrected chi connectivity index (χ0v) is 6.64. The van der Waals surface area contributed by atoms with Crippen molar-refractivity contribution in [2.75, 3.05) is 6.61 Å². The summed E-state index contributed by atoms with van der Waals surface area (Å²) in [7, 11) is 0. The number of esters is 1. The van der Waals surface area contributed by atoms with E-state index in [0.717, 1.165) is 0 Å². The maximum absolute atomic E-state index is 10.7. The predicted octanol–water partition coefficient (Wildman–Crippen LogP) is 0.548. The molecule has 4 nitrogen and oxygen atoms in total. The van der Waals surface area contributed by atoms with Crippen LogP contribution in [0.15, 0.2) is 0 Å². The summed E-state index contributed by atoms with van der Waals surface area (Å²) < 4.78 is 4.44. The summed E-state index contributed by atoms with van der Waals surface area (Å²) in [5.74, 6) is -1.32. The van der Waals surface area contributed by atoms with Gasteiger partial charge in [0.25, 0.3) is 0 Å². The van der Waals surface area contributed by atoms with Crippen LogP contribution in [0.4, 0.5) is 0 Å². The summed E-state index contributed by atoms with van der Waals surface area (Å²) in [6.07, 6.45) is 0.164. The predicted molar refractivity (Wildman–Crippen MR) is 39.7 cm³/mol. The highest BCUT2D eigenvalue weighted by Crippen LogP contribution is 1.88. The van der Waals surface area contributed by atoms with Crippen LogP contribution in [-0.2, 0) is 14.3 Å². The second-order valence-corrected chi connectivity index (χ2v) is 1.87. The van der Waals surface area contributed by atoms with Crippen molar-refractivity contribution >= 4 is 17.5 Å². The van der Waals surface area contributed by atoms with Crippen molar-refractivity contribution in [1.82, 2.24) is 0 Å². The molecule has 0 radical (unpaired) electrons. The van der Waals surface area contributed by atoms with Crippen LogP contribution in [0.3, 0.4) is 0 Å². The van der Waals surface area contributed by atoms with Gasteiger partial charge in [0.2, 0.25) is 0 Å². The monoisotopic (exact) mass is 157 g/mol. The Hall–Kier alpha value is -1.19. The minimum absolute atomic E-state index is 0.164. The summed E-state index contributed by atoms with van der Waals surface area (Å²) in [5.41, 5.74) is -0.561. The zero-order chi connectivity index (χ0) is 8.85. The normalized spacial score (nSPS) is 8.91. The fraction of sp³-hybridized carbons (Fsp3) is 0.571. The molecule has 0 aromatic carbocycles. The first kappa shape index (κ1) is 9.81. The average Bonchev–Trinajstić information content (AvgIpc) is 2.02. The number of hydrogen-bond donors (Lipinski definition) is 1. The van der Waals surface area contributed by atoms with Crippen LogP contribution >= 0.6 is 0 Å². The van der Waals surface area contributed by atoms with Gasteiger partial charge in [-0.2, -0.15) is 0 Å². The molecule has 0 spiro atoms. The number of rotatable bonds is 4. The van der Waals surface area contributed by atoms with Gasteiger partial charge in [-0.25, -0.2) is 4.79 Å². The van der Waals surface area contributed by atoms with E-state index in [0.29, 0.717) is 0 Å². The van der Waals surface area contributed by atoms with Crippen LogP contribution in [0.5, 0.6) is 0 Å². The fourth-order valence-corrected chi connectivity index (χ4v) is 0.494. The minimum atomic E-state index is -0.834. The molecular weight excluding hydrogens is 146 g/mol. The quantitative estimate of drug-likeness (QED) is 0.368. The molecular formula is C7H11NO3. The molecule has 0 amide bonds. The van der Waals surface area contributed by atoms with Crippen molar-refractivity contribution in [3.05, 3.63) is 0 Å². The van der Waals surface area contributed by atoms with E-state index in [-0.39, 0.29) is 13.0 Å². The summed E-state index contributed by atoms with van der Waals surface area (Å²) in [5, 5.41) is 6.98. The van der Waals surface area contributed by atoms with Crippen LogP contribution in [0.2, 0.25) is 0 Å². The lowest BCUT2D eigenvalue weighted by atomic mass is 10.2. The Bertz CT molecular complexity index is 186. The van der Waals surface area contributed by atoms with Gasteiger partial charge in [-0.1, -0.05) is 6.92 Å². The first-order valence-electron chi connectivity index (χ1n) is 3.42. The first-order valence-corrected chi connectivity index (χ1v) is 3.42. The van der Waals surface area contributed by atoms with Crippen LogP contribution in [0, 0.1) is 5.41 Å². The molecule has 11 heavy (non-hydrogen) atoms. The van der Waals surface area contributed by atoms with E-state index in [1.807, 2.05) is 0 Å². The van der Waals surface area contributed by atoms with E-state index in [9.17, 15) is 9.59 Å². The Morgan fingerprint density at radius 3 is 2.27 bits per heavy atom. The molecule has 0 unspecified atom stereocenters. The topological polar surface area (TPSA) is 67.2 Å². The zero-order valence-electron chi connectivity index (χ0n) is 6.64. The molecule has 0 aliphatic rings. The van der Waals surface area contributed by atoms with Gasteiger partial charge < -0.3 is 4.74 Å².